The summed E-state index contributed by atoms with van der Waals surface area (Å²) in [6.07, 6.45) is 2.96. The largest absolute Gasteiger partial charge is 0.395 e. The minimum atomic E-state index is -0.0710. The molecule has 0 fully saturated rings. The van der Waals surface area contributed by atoms with Gasteiger partial charge in [0.25, 0.3) is 5.91 Å². The Kier molecular flexibility index (Phi) is 5.46. The Bertz CT molecular complexity index is 475. The van der Waals surface area contributed by atoms with Gasteiger partial charge in [-0.05, 0) is 49.4 Å². The average molecular weight is 294 g/mol. The number of amides is 1. The fourth-order valence-electron chi connectivity index (χ4n) is 2.44. The molecule has 1 aliphatic rings. The van der Waals surface area contributed by atoms with Crippen molar-refractivity contribution in [2.75, 3.05) is 19.4 Å². The van der Waals surface area contributed by atoms with E-state index in [-0.39, 0.29) is 23.8 Å². The predicted octanol–water partition coefficient (Wildman–Crippen LogP) is 1.17. The Morgan fingerprint density at radius 1 is 1.50 bits per heavy atom. The van der Waals surface area contributed by atoms with E-state index in [9.17, 15) is 9.90 Å². The summed E-state index contributed by atoms with van der Waals surface area (Å²) < 4.78 is 0. The Labute approximate surface area is 124 Å². The molecule has 0 saturated heterocycles. The molecule has 5 heteroatoms. The van der Waals surface area contributed by atoms with Gasteiger partial charge in [0.1, 0.15) is 0 Å². The Hall–Kier alpha value is -1.04. The van der Waals surface area contributed by atoms with Gasteiger partial charge in [-0.25, -0.2) is 0 Å². The van der Waals surface area contributed by atoms with Crippen LogP contribution in [0.3, 0.4) is 0 Å². The molecule has 110 valence electrons. The van der Waals surface area contributed by atoms with Gasteiger partial charge >= 0.3 is 0 Å². The first kappa shape index (κ1) is 15.4. The zero-order chi connectivity index (χ0) is 14.5. The average Bonchev–Trinajstić information content (AvgIpc) is 2.48. The molecule has 0 spiro atoms. The second-order valence-electron chi connectivity index (χ2n) is 5.13. The van der Waals surface area contributed by atoms with Gasteiger partial charge in [-0.15, -0.1) is 0 Å². The third kappa shape index (κ3) is 3.53. The van der Waals surface area contributed by atoms with Crippen LogP contribution in [-0.4, -0.2) is 41.7 Å². The number of thioether (sulfide) groups is 1. The van der Waals surface area contributed by atoms with Crippen LogP contribution in [0.15, 0.2) is 18.2 Å². The molecule has 4 nitrogen and oxygen atoms in total. The van der Waals surface area contributed by atoms with E-state index in [0.717, 1.165) is 19.5 Å². The third-order valence-electron chi connectivity index (χ3n) is 3.75. The number of rotatable bonds is 5. The number of nitrogens with one attached hydrogen (secondary N) is 2. The SMILES string of the molecule is CSC(CO)C(C)NC(=O)c1ccc2c(c1)CNCC2. The summed E-state index contributed by atoms with van der Waals surface area (Å²) in [6.45, 7) is 3.82. The molecule has 2 atom stereocenters. The number of hydrogen-bond donors (Lipinski definition) is 3. The molecule has 0 aliphatic carbocycles. The quantitative estimate of drug-likeness (QED) is 0.763. The number of aliphatic hydroxyl groups excluding tert-OH is 1. The van der Waals surface area contributed by atoms with Gasteiger partial charge < -0.3 is 15.7 Å². The minimum absolute atomic E-state index is 0.0262. The first-order chi connectivity index (χ1) is 9.65. The monoisotopic (exact) mass is 294 g/mol. The molecule has 1 amide bonds. The molecular formula is C15H22N2O2S. The zero-order valence-corrected chi connectivity index (χ0v) is 12.8. The normalized spacial score (nSPS) is 17.1. The first-order valence-electron chi connectivity index (χ1n) is 6.92. The van der Waals surface area contributed by atoms with Crippen molar-refractivity contribution in [2.24, 2.45) is 0 Å². The second kappa shape index (κ2) is 7.11. The molecule has 1 aliphatic heterocycles. The summed E-state index contributed by atoms with van der Waals surface area (Å²) in [6, 6.07) is 5.85. The topological polar surface area (TPSA) is 61.4 Å². The van der Waals surface area contributed by atoms with E-state index in [0.29, 0.717) is 5.56 Å². The minimum Gasteiger partial charge on any atom is -0.395 e. The maximum absolute atomic E-state index is 12.3. The molecule has 0 radical (unpaired) electrons. The highest BCUT2D eigenvalue weighted by atomic mass is 32.2. The van der Waals surface area contributed by atoms with Gasteiger partial charge in [0.2, 0.25) is 0 Å². The van der Waals surface area contributed by atoms with Gasteiger partial charge in [-0.3, -0.25) is 4.79 Å². The summed E-state index contributed by atoms with van der Waals surface area (Å²) in [4.78, 5) is 12.3. The molecule has 1 aromatic rings. The number of benzene rings is 1. The van der Waals surface area contributed by atoms with Crippen LogP contribution >= 0.6 is 11.8 Å². The molecule has 1 heterocycles. The van der Waals surface area contributed by atoms with E-state index >= 15 is 0 Å². The van der Waals surface area contributed by atoms with E-state index in [4.69, 9.17) is 0 Å². The summed E-state index contributed by atoms with van der Waals surface area (Å²) >= 11 is 1.56. The van der Waals surface area contributed by atoms with Crippen molar-refractivity contribution in [3.63, 3.8) is 0 Å². The zero-order valence-electron chi connectivity index (χ0n) is 12.0. The lowest BCUT2D eigenvalue weighted by atomic mass is 9.98. The molecular weight excluding hydrogens is 272 g/mol. The van der Waals surface area contributed by atoms with Crippen LogP contribution < -0.4 is 10.6 Å². The highest BCUT2D eigenvalue weighted by Crippen LogP contribution is 2.17. The smallest absolute Gasteiger partial charge is 0.251 e. The lowest BCUT2D eigenvalue weighted by molar-refractivity contribution is 0.0936. The van der Waals surface area contributed by atoms with Gasteiger partial charge in [0.05, 0.1) is 6.61 Å². The maximum Gasteiger partial charge on any atom is 0.251 e. The fraction of sp³-hybridized carbons (Fsp3) is 0.533. The highest BCUT2D eigenvalue weighted by molar-refractivity contribution is 7.99. The molecule has 1 aromatic carbocycles. The van der Waals surface area contributed by atoms with Crippen LogP contribution in [-0.2, 0) is 13.0 Å². The van der Waals surface area contributed by atoms with E-state index in [1.54, 1.807) is 11.8 Å². The van der Waals surface area contributed by atoms with Gasteiger partial charge in [0.15, 0.2) is 0 Å². The van der Waals surface area contributed by atoms with Crippen molar-refractivity contribution in [2.45, 2.75) is 31.2 Å². The molecule has 20 heavy (non-hydrogen) atoms. The Balaban J connectivity index is 2.05. The number of aliphatic hydroxyl groups is 1. The van der Waals surface area contributed by atoms with E-state index < -0.39 is 0 Å². The van der Waals surface area contributed by atoms with Gasteiger partial charge in [0, 0.05) is 23.4 Å². The standard InChI is InChI=1S/C15H22N2O2S/c1-10(14(9-18)20-2)17-15(19)12-4-3-11-5-6-16-8-13(11)7-12/h3-4,7,10,14,16,18H,5-6,8-9H2,1-2H3,(H,17,19). The van der Waals surface area contributed by atoms with Crippen LogP contribution in [0.1, 0.15) is 28.4 Å². The summed E-state index contributed by atoms with van der Waals surface area (Å²) in [5.41, 5.74) is 3.22. The summed E-state index contributed by atoms with van der Waals surface area (Å²) in [5, 5.41) is 15.6. The van der Waals surface area contributed by atoms with Crippen LogP contribution in [0.4, 0.5) is 0 Å². The van der Waals surface area contributed by atoms with Crippen molar-refractivity contribution in [3.8, 4) is 0 Å². The number of fused-ring (bicyclic) bond motifs is 1. The van der Waals surface area contributed by atoms with E-state index in [1.165, 1.54) is 11.1 Å². The van der Waals surface area contributed by atoms with Crippen LogP contribution in [0, 0.1) is 0 Å². The molecule has 0 bridgehead atoms. The number of carbonyl (C=O) groups excluding carboxylic acids is 1. The fourth-order valence-corrected chi connectivity index (χ4v) is 3.07. The van der Waals surface area contributed by atoms with Crippen LogP contribution in [0.2, 0.25) is 0 Å². The van der Waals surface area contributed by atoms with Crippen molar-refractivity contribution < 1.29 is 9.90 Å². The van der Waals surface area contributed by atoms with Gasteiger partial charge in [-0.1, -0.05) is 6.07 Å². The molecule has 0 aromatic heterocycles. The highest BCUT2D eigenvalue weighted by Gasteiger charge is 2.19. The number of hydrogen-bond acceptors (Lipinski definition) is 4. The van der Waals surface area contributed by atoms with Crippen molar-refractivity contribution in [3.05, 3.63) is 34.9 Å². The van der Waals surface area contributed by atoms with Crippen LogP contribution in [0.25, 0.3) is 0 Å². The second-order valence-corrected chi connectivity index (χ2v) is 6.21. The first-order valence-corrected chi connectivity index (χ1v) is 8.21. The molecule has 2 rings (SSSR count). The van der Waals surface area contributed by atoms with Crippen LogP contribution in [0.5, 0.6) is 0 Å². The third-order valence-corrected chi connectivity index (χ3v) is 4.92. The van der Waals surface area contributed by atoms with Crippen molar-refractivity contribution >= 4 is 17.7 Å². The predicted molar refractivity (Wildman–Crippen MR) is 83.2 cm³/mol. The summed E-state index contributed by atoms with van der Waals surface area (Å²) in [5.74, 6) is -0.0710. The van der Waals surface area contributed by atoms with E-state index in [1.807, 2.05) is 31.4 Å². The summed E-state index contributed by atoms with van der Waals surface area (Å²) in [7, 11) is 0. The van der Waals surface area contributed by atoms with Crippen molar-refractivity contribution in [1.82, 2.24) is 10.6 Å². The number of carbonyl (C=O) groups is 1. The molecule has 0 saturated carbocycles. The van der Waals surface area contributed by atoms with Gasteiger partial charge in [-0.2, -0.15) is 11.8 Å². The lowest BCUT2D eigenvalue weighted by Crippen LogP contribution is -2.41. The lowest BCUT2D eigenvalue weighted by Gasteiger charge is -2.22. The van der Waals surface area contributed by atoms with Crippen molar-refractivity contribution in [1.29, 1.82) is 0 Å². The van der Waals surface area contributed by atoms with E-state index in [2.05, 4.69) is 10.6 Å². The maximum atomic E-state index is 12.3. The Morgan fingerprint density at radius 2 is 2.30 bits per heavy atom. The molecule has 2 unspecified atom stereocenters. The molecule has 3 N–H and O–H groups in total. The Morgan fingerprint density at radius 3 is 3.00 bits per heavy atom.